The van der Waals surface area contributed by atoms with Gasteiger partial charge in [-0.2, -0.15) is 0 Å². The number of amides is 1. The maximum Gasteiger partial charge on any atom is 0.270 e. The Kier molecular flexibility index (Phi) is 5.73. The van der Waals surface area contributed by atoms with E-state index in [-0.39, 0.29) is 17.8 Å². The summed E-state index contributed by atoms with van der Waals surface area (Å²) in [5, 5.41) is 14.7. The van der Waals surface area contributed by atoms with Gasteiger partial charge in [0.25, 0.3) is 11.6 Å². The van der Waals surface area contributed by atoms with Crippen molar-refractivity contribution in [1.29, 1.82) is 0 Å². The van der Waals surface area contributed by atoms with Gasteiger partial charge in [-0.15, -0.1) is 11.3 Å². The number of nitro groups is 1. The molecule has 0 bridgehead atoms. The standard InChI is InChI=1S/C21H14FN3O3S2/c22-15-5-1-3-7-18(15)29-17-10-9-13(25(27)28)11-14(17)21(26)23-12-20-24-16-6-2-4-8-19(16)30-20/h1-11H,12H2,(H,23,26). The summed E-state index contributed by atoms with van der Waals surface area (Å²) in [4.78, 5) is 28.7. The van der Waals surface area contributed by atoms with Crippen LogP contribution in [0.2, 0.25) is 0 Å². The van der Waals surface area contributed by atoms with Crippen molar-refractivity contribution in [3.8, 4) is 0 Å². The van der Waals surface area contributed by atoms with Gasteiger partial charge >= 0.3 is 0 Å². The molecule has 6 nitrogen and oxygen atoms in total. The molecular formula is C21H14FN3O3S2. The summed E-state index contributed by atoms with van der Waals surface area (Å²) in [6, 6.07) is 17.8. The van der Waals surface area contributed by atoms with Crippen LogP contribution >= 0.6 is 23.1 Å². The highest BCUT2D eigenvalue weighted by atomic mass is 32.2. The van der Waals surface area contributed by atoms with Crippen molar-refractivity contribution >= 4 is 44.9 Å². The van der Waals surface area contributed by atoms with Crippen LogP contribution in [0, 0.1) is 15.9 Å². The van der Waals surface area contributed by atoms with E-state index in [1.54, 1.807) is 18.2 Å². The molecule has 0 saturated heterocycles. The fourth-order valence-corrected chi connectivity index (χ4v) is 4.64. The number of nitrogens with zero attached hydrogens (tertiary/aromatic N) is 2. The van der Waals surface area contributed by atoms with Crippen LogP contribution in [0.25, 0.3) is 10.2 Å². The zero-order valence-electron chi connectivity index (χ0n) is 15.4. The van der Waals surface area contributed by atoms with E-state index >= 15 is 0 Å². The third kappa shape index (κ3) is 4.32. The quantitative estimate of drug-likeness (QED) is 0.320. The third-order valence-electron chi connectivity index (χ3n) is 4.21. The van der Waals surface area contributed by atoms with Gasteiger partial charge in [0.1, 0.15) is 10.8 Å². The fraction of sp³-hybridized carbons (Fsp3) is 0.0476. The van der Waals surface area contributed by atoms with Gasteiger partial charge in [0.2, 0.25) is 0 Å². The topological polar surface area (TPSA) is 85.1 Å². The van der Waals surface area contributed by atoms with Crippen LogP contribution in [0.1, 0.15) is 15.4 Å². The van der Waals surface area contributed by atoms with Crippen molar-refractivity contribution in [3.63, 3.8) is 0 Å². The van der Waals surface area contributed by atoms with Gasteiger partial charge in [0.05, 0.1) is 27.2 Å². The first kappa shape index (κ1) is 20.0. The molecule has 3 aromatic carbocycles. The number of hydrogen-bond acceptors (Lipinski definition) is 6. The second-order valence-corrected chi connectivity index (χ2v) is 8.43. The average Bonchev–Trinajstić information content (AvgIpc) is 3.17. The summed E-state index contributed by atoms with van der Waals surface area (Å²) < 4.78 is 15.1. The SMILES string of the molecule is O=C(NCc1nc2ccccc2s1)c1cc([N+](=O)[O-])ccc1Sc1ccccc1F. The molecule has 4 rings (SSSR count). The lowest BCUT2D eigenvalue weighted by atomic mass is 10.2. The Labute approximate surface area is 178 Å². The Hall–Kier alpha value is -3.30. The van der Waals surface area contributed by atoms with Gasteiger partial charge in [-0.05, 0) is 30.3 Å². The summed E-state index contributed by atoms with van der Waals surface area (Å²) in [5.74, 6) is -0.918. The van der Waals surface area contributed by atoms with E-state index in [9.17, 15) is 19.3 Å². The molecule has 0 saturated carbocycles. The first-order valence-electron chi connectivity index (χ1n) is 8.85. The molecule has 1 aromatic heterocycles. The molecule has 0 radical (unpaired) electrons. The van der Waals surface area contributed by atoms with Crippen molar-refractivity contribution in [2.45, 2.75) is 16.3 Å². The second-order valence-electron chi connectivity index (χ2n) is 6.23. The molecule has 1 heterocycles. The first-order valence-corrected chi connectivity index (χ1v) is 10.5. The number of nitrogens with one attached hydrogen (secondary N) is 1. The number of carbonyl (C=O) groups excluding carboxylic acids is 1. The highest BCUT2D eigenvalue weighted by molar-refractivity contribution is 7.99. The molecule has 0 aliphatic carbocycles. The van der Waals surface area contributed by atoms with E-state index in [0.717, 1.165) is 27.0 Å². The highest BCUT2D eigenvalue weighted by Gasteiger charge is 2.19. The molecule has 9 heteroatoms. The van der Waals surface area contributed by atoms with E-state index in [4.69, 9.17) is 0 Å². The van der Waals surface area contributed by atoms with Crippen molar-refractivity contribution < 1.29 is 14.1 Å². The van der Waals surface area contributed by atoms with Crippen LogP contribution in [0.5, 0.6) is 0 Å². The van der Waals surface area contributed by atoms with E-state index in [1.807, 2.05) is 24.3 Å². The number of halogens is 1. The van der Waals surface area contributed by atoms with Gasteiger partial charge < -0.3 is 5.32 Å². The zero-order chi connectivity index (χ0) is 21.1. The van der Waals surface area contributed by atoms with Crippen molar-refractivity contribution in [1.82, 2.24) is 10.3 Å². The summed E-state index contributed by atoms with van der Waals surface area (Å²) in [6.07, 6.45) is 0. The lowest BCUT2D eigenvalue weighted by Crippen LogP contribution is -2.23. The Morgan fingerprint density at radius 2 is 1.87 bits per heavy atom. The number of non-ortho nitro benzene ring substituents is 1. The summed E-state index contributed by atoms with van der Waals surface area (Å²) >= 11 is 2.51. The number of nitro benzene ring substituents is 1. The lowest BCUT2D eigenvalue weighted by molar-refractivity contribution is -0.384. The second kappa shape index (κ2) is 8.60. The Morgan fingerprint density at radius 3 is 2.63 bits per heavy atom. The monoisotopic (exact) mass is 439 g/mol. The van der Waals surface area contributed by atoms with Crippen LogP contribution in [-0.2, 0) is 6.54 Å². The van der Waals surface area contributed by atoms with Gasteiger partial charge in [0, 0.05) is 21.9 Å². The first-order chi connectivity index (χ1) is 14.5. The summed E-state index contributed by atoms with van der Waals surface area (Å²) in [7, 11) is 0. The number of fused-ring (bicyclic) bond motifs is 1. The van der Waals surface area contributed by atoms with Gasteiger partial charge in [-0.1, -0.05) is 36.0 Å². The predicted octanol–water partition coefficient (Wildman–Crippen LogP) is 5.42. The molecule has 0 atom stereocenters. The van der Waals surface area contributed by atoms with E-state index in [1.165, 1.54) is 35.6 Å². The predicted molar refractivity (Wildman–Crippen MR) is 114 cm³/mol. The molecule has 4 aromatic rings. The third-order valence-corrected chi connectivity index (χ3v) is 6.38. The molecular weight excluding hydrogens is 425 g/mol. The van der Waals surface area contributed by atoms with Crippen molar-refractivity contribution in [2.24, 2.45) is 0 Å². The number of carbonyl (C=O) groups is 1. The number of benzene rings is 3. The van der Waals surface area contributed by atoms with Gasteiger partial charge in [-0.25, -0.2) is 9.37 Å². The molecule has 0 aliphatic rings. The molecule has 30 heavy (non-hydrogen) atoms. The number of hydrogen-bond donors (Lipinski definition) is 1. The smallest absolute Gasteiger partial charge is 0.270 e. The molecule has 150 valence electrons. The van der Waals surface area contributed by atoms with Gasteiger partial charge in [0.15, 0.2) is 0 Å². The molecule has 1 amide bonds. The maximum atomic E-state index is 14.0. The normalized spacial score (nSPS) is 10.8. The number of aromatic nitrogens is 1. The zero-order valence-corrected chi connectivity index (χ0v) is 17.0. The van der Waals surface area contributed by atoms with Crippen LogP contribution in [0.4, 0.5) is 10.1 Å². The van der Waals surface area contributed by atoms with Crippen LogP contribution in [0.3, 0.4) is 0 Å². The lowest BCUT2D eigenvalue weighted by Gasteiger charge is -2.10. The summed E-state index contributed by atoms with van der Waals surface area (Å²) in [6.45, 7) is 0.185. The average molecular weight is 439 g/mol. The van der Waals surface area contributed by atoms with Crippen molar-refractivity contribution in [2.75, 3.05) is 0 Å². The van der Waals surface area contributed by atoms with Crippen LogP contribution in [-0.4, -0.2) is 15.8 Å². The Bertz CT molecular complexity index is 1230. The maximum absolute atomic E-state index is 14.0. The molecule has 1 N–H and O–H groups in total. The van der Waals surface area contributed by atoms with E-state index < -0.39 is 16.6 Å². The summed E-state index contributed by atoms with van der Waals surface area (Å²) in [5.41, 5.74) is 0.745. The molecule has 0 fully saturated rings. The number of thiazole rings is 1. The minimum atomic E-state index is -0.568. The van der Waals surface area contributed by atoms with E-state index in [2.05, 4.69) is 10.3 Å². The fourth-order valence-electron chi connectivity index (χ4n) is 2.79. The Morgan fingerprint density at radius 1 is 1.10 bits per heavy atom. The van der Waals surface area contributed by atoms with E-state index in [0.29, 0.717) is 9.79 Å². The number of rotatable bonds is 6. The van der Waals surface area contributed by atoms with Crippen LogP contribution in [0.15, 0.2) is 76.5 Å². The van der Waals surface area contributed by atoms with Crippen LogP contribution < -0.4 is 5.32 Å². The Balaban J connectivity index is 1.59. The van der Waals surface area contributed by atoms with Gasteiger partial charge in [-0.3, -0.25) is 14.9 Å². The van der Waals surface area contributed by atoms with Crippen molar-refractivity contribution in [3.05, 3.63) is 93.2 Å². The molecule has 0 unspecified atom stereocenters. The minimum absolute atomic E-state index is 0.110. The highest BCUT2D eigenvalue weighted by Crippen LogP contribution is 2.34. The molecule has 0 spiro atoms. The number of para-hydroxylation sites is 1. The largest absolute Gasteiger partial charge is 0.345 e. The minimum Gasteiger partial charge on any atom is -0.345 e. The molecule has 0 aliphatic heterocycles.